The van der Waals surface area contributed by atoms with Crippen molar-refractivity contribution in [2.75, 3.05) is 12.3 Å². The molecule has 0 saturated heterocycles. The van der Waals surface area contributed by atoms with E-state index in [0.717, 1.165) is 0 Å². The van der Waals surface area contributed by atoms with Crippen LogP contribution >= 0.6 is 0 Å². The summed E-state index contributed by atoms with van der Waals surface area (Å²) in [5.41, 5.74) is 5.77. The summed E-state index contributed by atoms with van der Waals surface area (Å²) in [5, 5.41) is 0. The van der Waals surface area contributed by atoms with Gasteiger partial charge in [-0.25, -0.2) is 13.2 Å². The molecule has 1 aliphatic carbocycles. The number of nitrogens with two attached hydrogens (primary N) is 1. The number of rotatable bonds is 3. The van der Waals surface area contributed by atoms with E-state index in [1.807, 2.05) is 0 Å². The number of halogens is 3. The zero-order chi connectivity index (χ0) is 13.2. The van der Waals surface area contributed by atoms with Crippen LogP contribution in [0.2, 0.25) is 0 Å². The third-order valence-electron chi connectivity index (χ3n) is 3.20. The molecule has 2 rings (SSSR count). The van der Waals surface area contributed by atoms with Crippen LogP contribution in [-0.2, 0) is 0 Å². The minimum Gasteiger partial charge on any atom is -0.488 e. The normalized spacial score (nSPS) is 22.7. The number of para-hydroxylation sites is 1. The highest BCUT2D eigenvalue weighted by Crippen LogP contribution is 2.37. The lowest BCUT2D eigenvalue weighted by molar-refractivity contribution is -0.0586. The van der Waals surface area contributed by atoms with Gasteiger partial charge in [-0.2, -0.15) is 0 Å². The molecule has 0 aliphatic heterocycles. The van der Waals surface area contributed by atoms with Gasteiger partial charge < -0.3 is 10.5 Å². The van der Waals surface area contributed by atoms with E-state index in [-0.39, 0.29) is 36.8 Å². The van der Waals surface area contributed by atoms with Crippen molar-refractivity contribution in [2.45, 2.75) is 31.6 Å². The van der Waals surface area contributed by atoms with Crippen LogP contribution in [0.5, 0.6) is 5.75 Å². The molecule has 0 radical (unpaired) electrons. The Hall–Kier alpha value is -1.39. The van der Waals surface area contributed by atoms with Crippen molar-refractivity contribution in [1.29, 1.82) is 0 Å². The number of anilines is 1. The Kier molecular flexibility index (Phi) is 3.68. The summed E-state index contributed by atoms with van der Waals surface area (Å²) < 4.78 is 45.0. The van der Waals surface area contributed by atoms with Crippen LogP contribution in [0.4, 0.5) is 18.9 Å². The van der Waals surface area contributed by atoms with E-state index < -0.39 is 11.7 Å². The van der Waals surface area contributed by atoms with Crippen molar-refractivity contribution in [3.8, 4) is 5.75 Å². The van der Waals surface area contributed by atoms with Gasteiger partial charge in [-0.3, -0.25) is 0 Å². The first kappa shape index (κ1) is 13.1. The quantitative estimate of drug-likeness (QED) is 0.841. The molecular weight excluding hydrogens is 243 g/mol. The number of hydrogen-bond acceptors (Lipinski definition) is 2. The Morgan fingerprint density at radius 1 is 1.39 bits per heavy atom. The molecule has 2 nitrogen and oxygen atoms in total. The topological polar surface area (TPSA) is 35.2 Å². The summed E-state index contributed by atoms with van der Waals surface area (Å²) in [5.74, 6) is -3.45. The molecular formula is C13H16F3NO. The standard InChI is InChI=1S/C13H16F3NO/c14-10-4-1-5-11(17)12(10)18-8-9-3-2-6-13(15,16)7-9/h1,4-5,9H,2-3,6-8,17H2. The SMILES string of the molecule is Nc1cccc(F)c1OCC1CCCC(F)(F)C1. The van der Waals surface area contributed by atoms with Crippen LogP contribution in [-0.4, -0.2) is 12.5 Å². The molecule has 1 unspecified atom stereocenters. The smallest absolute Gasteiger partial charge is 0.248 e. The second-order valence-corrected chi connectivity index (χ2v) is 4.79. The first-order valence-electron chi connectivity index (χ1n) is 6.02. The zero-order valence-electron chi connectivity index (χ0n) is 9.96. The fraction of sp³-hybridized carbons (Fsp3) is 0.538. The molecule has 1 aromatic rings. The van der Waals surface area contributed by atoms with Gasteiger partial charge >= 0.3 is 0 Å². The minimum atomic E-state index is -2.62. The molecule has 1 saturated carbocycles. The summed E-state index contributed by atoms with van der Waals surface area (Å²) in [7, 11) is 0. The lowest BCUT2D eigenvalue weighted by Gasteiger charge is -2.28. The predicted octanol–water partition coefficient (Wildman–Crippen LogP) is 3.61. The summed E-state index contributed by atoms with van der Waals surface area (Å²) in [6.07, 6.45) is 0.907. The number of nitrogen functional groups attached to an aromatic ring is 1. The second kappa shape index (κ2) is 5.08. The second-order valence-electron chi connectivity index (χ2n) is 4.79. The largest absolute Gasteiger partial charge is 0.488 e. The van der Waals surface area contributed by atoms with Gasteiger partial charge in [-0.1, -0.05) is 6.07 Å². The monoisotopic (exact) mass is 259 g/mol. The molecule has 1 atom stereocenters. The number of alkyl halides is 2. The molecule has 0 amide bonds. The fourth-order valence-corrected chi connectivity index (χ4v) is 2.30. The molecule has 1 fully saturated rings. The van der Waals surface area contributed by atoms with Gasteiger partial charge in [0.1, 0.15) is 0 Å². The fourth-order valence-electron chi connectivity index (χ4n) is 2.30. The Morgan fingerprint density at radius 3 is 2.83 bits per heavy atom. The van der Waals surface area contributed by atoms with Gasteiger partial charge in [-0.05, 0) is 30.9 Å². The van der Waals surface area contributed by atoms with Gasteiger partial charge in [0, 0.05) is 12.8 Å². The van der Waals surface area contributed by atoms with Crippen molar-refractivity contribution in [3.05, 3.63) is 24.0 Å². The maximum atomic E-state index is 13.4. The predicted molar refractivity (Wildman–Crippen MR) is 63.2 cm³/mol. The Balaban J connectivity index is 1.95. The highest BCUT2D eigenvalue weighted by atomic mass is 19.3. The zero-order valence-corrected chi connectivity index (χ0v) is 9.96. The molecule has 2 N–H and O–H groups in total. The minimum absolute atomic E-state index is 0.0358. The van der Waals surface area contributed by atoms with E-state index >= 15 is 0 Å². The molecule has 0 bridgehead atoms. The van der Waals surface area contributed by atoms with Crippen molar-refractivity contribution >= 4 is 5.69 Å². The third kappa shape index (κ3) is 3.09. The first-order valence-corrected chi connectivity index (χ1v) is 6.02. The average Bonchev–Trinajstić information content (AvgIpc) is 2.27. The van der Waals surface area contributed by atoms with Crippen molar-refractivity contribution in [2.24, 2.45) is 5.92 Å². The van der Waals surface area contributed by atoms with Crippen molar-refractivity contribution in [1.82, 2.24) is 0 Å². The lowest BCUT2D eigenvalue weighted by atomic mass is 9.87. The molecule has 1 aliphatic rings. The Bertz CT molecular complexity index is 402. The van der Waals surface area contributed by atoms with E-state index in [1.165, 1.54) is 18.2 Å². The summed E-state index contributed by atoms with van der Waals surface area (Å²) in [6, 6.07) is 4.24. The van der Waals surface area contributed by atoms with Gasteiger partial charge in [0.25, 0.3) is 0 Å². The molecule has 18 heavy (non-hydrogen) atoms. The van der Waals surface area contributed by atoms with Crippen LogP contribution < -0.4 is 10.5 Å². The van der Waals surface area contributed by atoms with Crippen molar-refractivity contribution < 1.29 is 17.9 Å². The molecule has 0 heterocycles. The third-order valence-corrected chi connectivity index (χ3v) is 3.20. The van der Waals surface area contributed by atoms with E-state index in [2.05, 4.69) is 0 Å². The highest BCUT2D eigenvalue weighted by Gasteiger charge is 2.36. The van der Waals surface area contributed by atoms with E-state index in [9.17, 15) is 13.2 Å². The molecule has 0 aromatic heterocycles. The number of benzene rings is 1. The van der Waals surface area contributed by atoms with Crippen LogP contribution in [0.1, 0.15) is 25.7 Å². The van der Waals surface area contributed by atoms with Gasteiger partial charge in [-0.15, -0.1) is 0 Å². The van der Waals surface area contributed by atoms with Gasteiger partial charge in [0.05, 0.1) is 12.3 Å². The summed E-state index contributed by atoms with van der Waals surface area (Å²) >= 11 is 0. The van der Waals surface area contributed by atoms with E-state index in [1.54, 1.807) is 0 Å². The molecule has 1 aromatic carbocycles. The number of hydrogen-bond donors (Lipinski definition) is 1. The first-order chi connectivity index (χ1) is 8.48. The van der Waals surface area contributed by atoms with E-state index in [4.69, 9.17) is 10.5 Å². The number of ether oxygens (including phenoxy) is 1. The highest BCUT2D eigenvalue weighted by molar-refractivity contribution is 5.52. The Morgan fingerprint density at radius 2 is 2.17 bits per heavy atom. The maximum Gasteiger partial charge on any atom is 0.248 e. The molecule has 5 heteroatoms. The van der Waals surface area contributed by atoms with Crippen LogP contribution in [0.25, 0.3) is 0 Å². The Labute approximate surface area is 104 Å². The average molecular weight is 259 g/mol. The van der Waals surface area contributed by atoms with Gasteiger partial charge in [0.2, 0.25) is 5.92 Å². The maximum absolute atomic E-state index is 13.4. The van der Waals surface area contributed by atoms with Crippen LogP contribution in [0.15, 0.2) is 18.2 Å². The van der Waals surface area contributed by atoms with Crippen molar-refractivity contribution in [3.63, 3.8) is 0 Å². The summed E-state index contributed by atoms with van der Waals surface area (Å²) in [4.78, 5) is 0. The summed E-state index contributed by atoms with van der Waals surface area (Å²) in [6.45, 7) is 0.0841. The van der Waals surface area contributed by atoms with E-state index in [0.29, 0.717) is 12.8 Å². The van der Waals surface area contributed by atoms with Crippen LogP contribution in [0, 0.1) is 11.7 Å². The molecule has 0 spiro atoms. The van der Waals surface area contributed by atoms with Crippen LogP contribution in [0.3, 0.4) is 0 Å². The lowest BCUT2D eigenvalue weighted by Crippen LogP contribution is -2.29. The molecule has 100 valence electrons. The van der Waals surface area contributed by atoms with Gasteiger partial charge in [0.15, 0.2) is 11.6 Å².